The van der Waals surface area contributed by atoms with Crippen LogP contribution in [0.5, 0.6) is 0 Å². The molecule has 1 N–H and O–H groups in total. The summed E-state index contributed by atoms with van der Waals surface area (Å²) in [5.41, 5.74) is 4.28. The molecule has 0 spiro atoms. The molecule has 1 unspecified atom stereocenters. The van der Waals surface area contributed by atoms with E-state index in [9.17, 15) is 4.79 Å². The first-order chi connectivity index (χ1) is 15.0. The van der Waals surface area contributed by atoms with Crippen LogP contribution in [0, 0.1) is 5.82 Å². The molecule has 1 aliphatic rings. The van der Waals surface area contributed by atoms with Gasteiger partial charge in [-0.3, -0.25) is 9.48 Å². The number of benzene rings is 2. The van der Waals surface area contributed by atoms with Gasteiger partial charge in [-0.15, -0.1) is 0 Å². The van der Waals surface area contributed by atoms with Crippen molar-refractivity contribution in [1.29, 1.82) is 0 Å². The third-order valence-electron chi connectivity index (χ3n) is 6.01. The van der Waals surface area contributed by atoms with E-state index in [1.807, 2.05) is 31.4 Å². The van der Waals surface area contributed by atoms with Gasteiger partial charge in [-0.25, -0.2) is 4.39 Å². The molecule has 0 fully saturated rings. The smallest absolute Gasteiger partial charge is 0.223 e. The van der Waals surface area contributed by atoms with Crippen LogP contribution in [0.4, 0.5) is 4.39 Å². The van der Waals surface area contributed by atoms with Gasteiger partial charge in [0, 0.05) is 53.4 Å². The van der Waals surface area contributed by atoms with Crippen molar-refractivity contribution < 1.29 is 9.18 Å². The number of rotatable bonds is 4. The first-order valence-electron chi connectivity index (χ1n) is 10.3. The van der Waals surface area contributed by atoms with E-state index in [0.29, 0.717) is 36.4 Å². The molecule has 0 aliphatic carbocycles. The second-order valence-corrected chi connectivity index (χ2v) is 8.37. The molecule has 0 saturated heterocycles. The third kappa shape index (κ3) is 3.51. The lowest BCUT2D eigenvalue weighted by atomic mass is 9.91. The highest BCUT2D eigenvalue weighted by atomic mass is 35.5. The average Bonchev–Trinajstić information content (AvgIpc) is 3.35. The van der Waals surface area contributed by atoms with Crippen molar-refractivity contribution in [2.45, 2.75) is 25.3 Å². The summed E-state index contributed by atoms with van der Waals surface area (Å²) in [6, 6.07) is 12.1. The molecule has 0 saturated carbocycles. The zero-order valence-corrected chi connectivity index (χ0v) is 17.9. The minimum atomic E-state index is -0.591. The fraction of sp³-hybridized carbons (Fsp3) is 0.250. The lowest BCUT2D eigenvalue weighted by molar-refractivity contribution is -0.133. The Hall–Kier alpha value is -3.12. The number of halogens is 2. The first-order valence-corrected chi connectivity index (χ1v) is 10.7. The maximum atomic E-state index is 15.0. The summed E-state index contributed by atoms with van der Waals surface area (Å²) < 4.78 is 16.7. The van der Waals surface area contributed by atoms with Crippen LogP contribution in [0.3, 0.4) is 0 Å². The highest BCUT2D eigenvalue weighted by molar-refractivity contribution is 6.31. The number of aromatic nitrogens is 3. The van der Waals surface area contributed by atoms with Crippen LogP contribution < -0.4 is 0 Å². The number of hydrogen-bond donors (Lipinski definition) is 1. The highest BCUT2D eigenvalue weighted by Gasteiger charge is 2.36. The Morgan fingerprint density at radius 3 is 2.87 bits per heavy atom. The Morgan fingerprint density at radius 2 is 2.10 bits per heavy atom. The number of fused-ring (bicyclic) bond motifs is 3. The van der Waals surface area contributed by atoms with Crippen molar-refractivity contribution >= 4 is 28.4 Å². The largest absolute Gasteiger partial charge is 0.356 e. The maximum absolute atomic E-state index is 15.0. The van der Waals surface area contributed by atoms with Gasteiger partial charge in [0.1, 0.15) is 11.9 Å². The minimum absolute atomic E-state index is 0.0301. The number of carbonyl (C=O) groups is 1. The van der Waals surface area contributed by atoms with Gasteiger partial charge in [0.25, 0.3) is 0 Å². The van der Waals surface area contributed by atoms with Crippen LogP contribution in [0.1, 0.15) is 34.8 Å². The Balaban J connectivity index is 1.56. The predicted molar refractivity (Wildman–Crippen MR) is 118 cm³/mol. The van der Waals surface area contributed by atoms with Crippen molar-refractivity contribution in [3.05, 3.63) is 88.1 Å². The van der Waals surface area contributed by atoms with E-state index in [4.69, 9.17) is 11.6 Å². The van der Waals surface area contributed by atoms with Crippen LogP contribution in [0.2, 0.25) is 5.02 Å². The van der Waals surface area contributed by atoms with E-state index in [2.05, 4.69) is 16.1 Å². The van der Waals surface area contributed by atoms with E-state index in [1.54, 1.807) is 27.9 Å². The molecule has 0 bridgehead atoms. The summed E-state index contributed by atoms with van der Waals surface area (Å²) in [6.07, 6.45) is 5.29. The molecule has 5 rings (SSSR count). The number of carbonyl (C=O) groups excluding carboxylic acids is 1. The first kappa shape index (κ1) is 19.8. The molecular weight excluding hydrogens is 415 g/mol. The lowest BCUT2D eigenvalue weighted by Crippen LogP contribution is -2.41. The van der Waals surface area contributed by atoms with E-state index in [0.717, 1.165) is 27.7 Å². The van der Waals surface area contributed by atoms with Gasteiger partial charge in [-0.05, 0) is 42.2 Å². The SMILES string of the molecule is Cn1cc(CCC(=O)N2CCc3c([nH]c4ccccc34)C2c2c(F)cccc2Cl)cn1. The molecule has 1 atom stereocenters. The van der Waals surface area contributed by atoms with Crippen molar-refractivity contribution in [3.8, 4) is 0 Å². The summed E-state index contributed by atoms with van der Waals surface area (Å²) >= 11 is 6.47. The van der Waals surface area contributed by atoms with Gasteiger partial charge in [0.15, 0.2) is 0 Å². The van der Waals surface area contributed by atoms with Crippen LogP contribution >= 0.6 is 11.6 Å². The molecule has 0 radical (unpaired) electrons. The van der Waals surface area contributed by atoms with Gasteiger partial charge < -0.3 is 9.88 Å². The number of nitrogens with one attached hydrogen (secondary N) is 1. The molecular formula is C24H22ClFN4O. The van der Waals surface area contributed by atoms with Crippen molar-refractivity contribution in [1.82, 2.24) is 19.7 Å². The van der Waals surface area contributed by atoms with Crippen molar-refractivity contribution in [3.63, 3.8) is 0 Å². The summed E-state index contributed by atoms with van der Waals surface area (Å²) in [7, 11) is 1.85. The minimum Gasteiger partial charge on any atom is -0.356 e. The zero-order chi connectivity index (χ0) is 21.5. The van der Waals surface area contributed by atoms with Gasteiger partial charge in [0.05, 0.1) is 6.20 Å². The van der Waals surface area contributed by atoms with Gasteiger partial charge in [0.2, 0.25) is 5.91 Å². The Kier molecular flexibility index (Phi) is 5.02. The second kappa shape index (κ2) is 7.85. The number of amides is 1. The summed E-state index contributed by atoms with van der Waals surface area (Å²) in [4.78, 5) is 18.5. The Morgan fingerprint density at radius 1 is 1.26 bits per heavy atom. The number of aryl methyl sites for hydroxylation is 2. The highest BCUT2D eigenvalue weighted by Crippen LogP contribution is 2.41. The van der Waals surface area contributed by atoms with E-state index in [-0.39, 0.29) is 5.91 Å². The predicted octanol–water partition coefficient (Wildman–Crippen LogP) is 4.80. The van der Waals surface area contributed by atoms with Gasteiger partial charge in [-0.2, -0.15) is 5.10 Å². The number of para-hydroxylation sites is 1. The zero-order valence-electron chi connectivity index (χ0n) is 17.1. The van der Waals surface area contributed by atoms with Crippen LogP contribution in [-0.4, -0.2) is 32.1 Å². The van der Waals surface area contributed by atoms with Crippen LogP contribution in [-0.2, 0) is 24.7 Å². The molecule has 5 nitrogen and oxygen atoms in total. The maximum Gasteiger partial charge on any atom is 0.223 e. The van der Waals surface area contributed by atoms with E-state index in [1.165, 1.54) is 6.07 Å². The molecule has 1 amide bonds. The molecule has 158 valence electrons. The van der Waals surface area contributed by atoms with Gasteiger partial charge in [-0.1, -0.05) is 35.9 Å². The fourth-order valence-electron chi connectivity index (χ4n) is 4.58. The monoisotopic (exact) mass is 436 g/mol. The van der Waals surface area contributed by atoms with Crippen molar-refractivity contribution in [2.24, 2.45) is 7.05 Å². The fourth-order valence-corrected chi connectivity index (χ4v) is 4.84. The molecule has 31 heavy (non-hydrogen) atoms. The summed E-state index contributed by atoms with van der Waals surface area (Å²) in [6.45, 7) is 0.510. The van der Waals surface area contributed by atoms with Crippen molar-refractivity contribution in [2.75, 3.05) is 6.54 Å². The average molecular weight is 437 g/mol. The quantitative estimate of drug-likeness (QED) is 0.499. The topological polar surface area (TPSA) is 53.9 Å². The normalized spacial score (nSPS) is 16.0. The number of hydrogen-bond acceptors (Lipinski definition) is 2. The molecule has 3 heterocycles. The van der Waals surface area contributed by atoms with E-state index >= 15 is 4.39 Å². The van der Waals surface area contributed by atoms with Crippen LogP contribution in [0.15, 0.2) is 54.9 Å². The number of nitrogens with zero attached hydrogens (tertiary/aromatic N) is 3. The van der Waals surface area contributed by atoms with Crippen LogP contribution in [0.25, 0.3) is 10.9 Å². The van der Waals surface area contributed by atoms with E-state index < -0.39 is 11.9 Å². The number of aromatic amines is 1. The second-order valence-electron chi connectivity index (χ2n) is 7.96. The third-order valence-corrected chi connectivity index (χ3v) is 6.34. The van der Waals surface area contributed by atoms with Gasteiger partial charge >= 0.3 is 0 Å². The lowest BCUT2D eigenvalue weighted by Gasteiger charge is -2.37. The molecule has 7 heteroatoms. The molecule has 1 aliphatic heterocycles. The standard InChI is InChI=1S/C24H22ClFN4O/c1-29-14-15(13-27-29)9-10-21(31)30-12-11-17-16-5-2-3-8-20(16)28-23(17)24(30)22-18(25)6-4-7-19(22)26/h2-8,13-14,24,28H,9-12H2,1H3. The molecule has 4 aromatic rings. The molecule has 2 aromatic heterocycles. The summed E-state index contributed by atoms with van der Waals surface area (Å²) in [5.74, 6) is -0.438. The Bertz CT molecular complexity index is 1260. The Labute approximate surface area is 184 Å². The molecule has 2 aromatic carbocycles. The number of H-pyrrole nitrogens is 1. The summed E-state index contributed by atoms with van der Waals surface area (Å²) in [5, 5.41) is 5.60.